The Kier molecular flexibility index (Phi) is 5.03. The summed E-state index contributed by atoms with van der Waals surface area (Å²) in [5.41, 5.74) is 0.298. The first-order valence-corrected chi connectivity index (χ1v) is 6.23. The zero-order valence-corrected chi connectivity index (χ0v) is 11.5. The van der Waals surface area contributed by atoms with E-state index in [1.165, 1.54) is 0 Å². The van der Waals surface area contributed by atoms with Gasteiger partial charge in [0.1, 0.15) is 6.04 Å². The molecule has 5 heteroatoms. The summed E-state index contributed by atoms with van der Waals surface area (Å²) in [5, 5.41) is 11.7. The molecule has 0 fully saturated rings. The quantitative estimate of drug-likeness (QED) is 0.847. The van der Waals surface area contributed by atoms with E-state index in [2.05, 4.69) is 10.3 Å². The summed E-state index contributed by atoms with van der Waals surface area (Å²) in [7, 11) is 0. The van der Waals surface area contributed by atoms with Crippen molar-refractivity contribution in [2.45, 2.75) is 39.7 Å². The first kappa shape index (κ1) is 15.1. The van der Waals surface area contributed by atoms with Crippen LogP contribution in [0.1, 0.15) is 32.9 Å². The molecule has 1 heterocycles. The van der Waals surface area contributed by atoms with Gasteiger partial charge >= 0.3 is 5.97 Å². The number of carboxylic acid groups (broad SMARTS) is 1. The van der Waals surface area contributed by atoms with Crippen LogP contribution in [0.5, 0.6) is 0 Å². The highest BCUT2D eigenvalue weighted by atomic mass is 16.4. The van der Waals surface area contributed by atoms with Crippen molar-refractivity contribution in [1.82, 2.24) is 10.3 Å². The molecule has 1 rings (SSSR count). The van der Waals surface area contributed by atoms with Gasteiger partial charge in [-0.3, -0.25) is 9.78 Å². The Hall–Kier alpha value is -1.91. The van der Waals surface area contributed by atoms with Gasteiger partial charge in [0.2, 0.25) is 5.91 Å². The summed E-state index contributed by atoms with van der Waals surface area (Å²) in [6.07, 6.45) is 2.41. The minimum Gasteiger partial charge on any atom is -0.480 e. The van der Waals surface area contributed by atoms with Crippen LogP contribution in [0.25, 0.3) is 0 Å². The number of aromatic nitrogens is 1. The molecule has 0 aromatic carbocycles. The summed E-state index contributed by atoms with van der Waals surface area (Å²) in [6, 6.07) is 4.62. The lowest BCUT2D eigenvalue weighted by atomic mass is 9.86. The summed E-state index contributed by atoms with van der Waals surface area (Å²) >= 11 is 0. The van der Waals surface area contributed by atoms with Gasteiger partial charge in [-0.1, -0.05) is 26.8 Å². The van der Waals surface area contributed by atoms with Crippen LogP contribution in [-0.2, 0) is 16.0 Å². The van der Waals surface area contributed by atoms with Crippen molar-refractivity contribution in [2.75, 3.05) is 0 Å². The Balaban J connectivity index is 2.52. The van der Waals surface area contributed by atoms with Crippen molar-refractivity contribution in [2.24, 2.45) is 5.41 Å². The van der Waals surface area contributed by atoms with E-state index in [-0.39, 0.29) is 12.3 Å². The molecule has 1 amide bonds. The van der Waals surface area contributed by atoms with Gasteiger partial charge < -0.3 is 10.4 Å². The summed E-state index contributed by atoms with van der Waals surface area (Å²) in [5.74, 6) is -1.29. The number of aryl methyl sites for hydroxylation is 1. The van der Waals surface area contributed by atoms with Crippen LogP contribution in [0.2, 0.25) is 0 Å². The molecule has 0 saturated heterocycles. The molecule has 0 saturated carbocycles. The van der Waals surface area contributed by atoms with Crippen molar-refractivity contribution in [1.29, 1.82) is 0 Å². The topological polar surface area (TPSA) is 79.3 Å². The molecule has 104 valence electrons. The fourth-order valence-electron chi connectivity index (χ4n) is 1.67. The van der Waals surface area contributed by atoms with Crippen molar-refractivity contribution in [3.63, 3.8) is 0 Å². The van der Waals surface area contributed by atoms with Gasteiger partial charge in [-0.2, -0.15) is 0 Å². The van der Waals surface area contributed by atoms with Crippen LogP contribution in [-0.4, -0.2) is 28.0 Å². The fraction of sp³-hybridized carbons (Fsp3) is 0.500. The molecule has 0 aliphatic carbocycles. The predicted octanol–water partition coefficient (Wildman–Crippen LogP) is 1.63. The highest BCUT2D eigenvalue weighted by Gasteiger charge is 2.32. The predicted molar refractivity (Wildman–Crippen MR) is 71.6 cm³/mol. The lowest BCUT2D eigenvalue weighted by molar-refractivity contribution is -0.144. The van der Waals surface area contributed by atoms with Crippen LogP contribution >= 0.6 is 0 Å². The van der Waals surface area contributed by atoms with E-state index in [9.17, 15) is 9.59 Å². The second-order valence-electron chi connectivity index (χ2n) is 5.53. The Bertz CT molecular complexity index is 438. The third-order valence-corrected chi connectivity index (χ3v) is 2.75. The number of aliphatic carboxylic acids is 1. The largest absolute Gasteiger partial charge is 0.480 e. The first-order valence-electron chi connectivity index (χ1n) is 6.23. The van der Waals surface area contributed by atoms with Gasteiger partial charge in [-0.15, -0.1) is 0 Å². The zero-order chi connectivity index (χ0) is 14.5. The number of carbonyl (C=O) groups is 2. The lowest BCUT2D eigenvalue weighted by Crippen LogP contribution is -2.49. The maximum atomic E-state index is 11.8. The fourth-order valence-corrected chi connectivity index (χ4v) is 1.67. The number of hydrogen-bond acceptors (Lipinski definition) is 3. The molecular formula is C14H20N2O3. The molecule has 1 aromatic heterocycles. The van der Waals surface area contributed by atoms with Crippen LogP contribution in [0.4, 0.5) is 0 Å². The molecule has 1 aromatic rings. The number of amides is 1. The number of nitrogens with zero attached hydrogens (tertiary/aromatic N) is 1. The zero-order valence-electron chi connectivity index (χ0n) is 11.5. The second-order valence-corrected chi connectivity index (χ2v) is 5.53. The van der Waals surface area contributed by atoms with Crippen molar-refractivity contribution in [3.8, 4) is 0 Å². The van der Waals surface area contributed by atoms with Gasteiger partial charge in [-0.25, -0.2) is 4.79 Å². The molecule has 2 N–H and O–H groups in total. The number of hydrogen-bond donors (Lipinski definition) is 2. The first-order chi connectivity index (χ1) is 8.80. The molecular weight excluding hydrogens is 244 g/mol. The minimum absolute atomic E-state index is 0.233. The van der Waals surface area contributed by atoms with E-state index in [0.717, 1.165) is 5.69 Å². The number of pyridine rings is 1. The molecule has 5 nitrogen and oxygen atoms in total. The van der Waals surface area contributed by atoms with E-state index in [0.29, 0.717) is 6.42 Å². The molecule has 19 heavy (non-hydrogen) atoms. The van der Waals surface area contributed by atoms with E-state index < -0.39 is 17.4 Å². The molecule has 0 spiro atoms. The summed E-state index contributed by atoms with van der Waals surface area (Å²) < 4.78 is 0. The highest BCUT2D eigenvalue weighted by molar-refractivity contribution is 5.84. The van der Waals surface area contributed by atoms with E-state index in [1.54, 1.807) is 27.0 Å². The average molecular weight is 264 g/mol. The Labute approximate surface area is 113 Å². The van der Waals surface area contributed by atoms with Gasteiger partial charge in [0.15, 0.2) is 0 Å². The highest BCUT2D eigenvalue weighted by Crippen LogP contribution is 2.19. The maximum absolute atomic E-state index is 11.8. The van der Waals surface area contributed by atoms with Gasteiger partial charge in [0, 0.05) is 18.3 Å². The van der Waals surface area contributed by atoms with Crippen LogP contribution in [0.3, 0.4) is 0 Å². The molecule has 1 unspecified atom stereocenters. The standard InChI is InChI=1S/C14H20N2O3/c1-14(2,3)12(13(18)19)16-11(17)8-7-10-6-4-5-9-15-10/h4-6,9,12H,7-8H2,1-3H3,(H,16,17)(H,18,19). The van der Waals surface area contributed by atoms with Crippen molar-refractivity contribution in [3.05, 3.63) is 30.1 Å². The molecule has 0 bridgehead atoms. The molecule has 1 atom stereocenters. The number of carboxylic acids is 1. The lowest BCUT2D eigenvalue weighted by Gasteiger charge is -2.27. The van der Waals surface area contributed by atoms with Crippen LogP contribution < -0.4 is 5.32 Å². The van der Waals surface area contributed by atoms with Gasteiger partial charge in [-0.05, 0) is 24.0 Å². The van der Waals surface area contributed by atoms with Gasteiger partial charge in [0.25, 0.3) is 0 Å². The number of carbonyl (C=O) groups excluding carboxylic acids is 1. The smallest absolute Gasteiger partial charge is 0.326 e. The second kappa shape index (κ2) is 6.31. The normalized spacial score (nSPS) is 12.8. The third kappa shape index (κ3) is 5.07. The summed E-state index contributed by atoms with van der Waals surface area (Å²) in [4.78, 5) is 27.0. The minimum atomic E-state index is -1.02. The van der Waals surface area contributed by atoms with E-state index in [4.69, 9.17) is 5.11 Å². The number of rotatable bonds is 5. The van der Waals surface area contributed by atoms with Crippen LogP contribution in [0, 0.1) is 5.41 Å². The number of nitrogens with one attached hydrogen (secondary N) is 1. The van der Waals surface area contributed by atoms with Crippen molar-refractivity contribution < 1.29 is 14.7 Å². The Morgan fingerprint density at radius 2 is 2.05 bits per heavy atom. The monoisotopic (exact) mass is 264 g/mol. The molecule has 0 aliphatic heterocycles. The van der Waals surface area contributed by atoms with Crippen LogP contribution in [0.15, 0.2) is 24.4 Å². The van der Waals surface area contributed by atoms with E-state index in [1.807, 2.05) is 18.2 Å². The maximum Gasteiger partial charge on any atom is 0.326 e. The SMILES string of the molecule is CC(C)(C)C(NC(=O)CCc1ccccn1)C(=O)O. The average Bonchev–Trinajstić information content (AvgIpc) is 2.33. The third-order valence-electron chi connectivity index (χ3n) is 2.75. The Morgan fingerprint density at radius 1 is 1.37 bits per heavy atom. The molecule has 0 radical (unpaired) electrons. The van der Waals surface area contributed by atoms with E-state index >= 15 is 0 Å². The Morgan fingerprint density at radius 3 is 2.53 bits per heavy atom. The molecule has 0 aliphatic rings. The van der Waals surface area contributed by atoms with Gasteiger partial charge in [0.05, 0.1) is 0 Å². The summed E-state index contributed by atoms with van der Waals surface area (Å²) in [6.45, 7) is 5.35. The van der Waals surface area contributed by atoms with Crippen molar-refractivity contribution >= 4 is 11.9 Å².